The largest absolute Gasteiger partial charge is 0.493 e. The monoisotopic (exact) mass is 393 g/mol. The van der Waals surface area contributed by atoms with Crippen LogP contribution >= 0.6 is 22.6 Å². The first-order valence-electron chi connectivity index (χ1n) is 5.70. The molecule has 1 amide bonds. The highest BCUT2D eigenvalue weighted by Gasteiger charge is 2.30. The van der Waals surface area contributed by atoms with E-state index in [1.807, 2.05) is 22.6 Å². The highest BCUT2D eigenvalue weighted by molar-refractivity contribution is 14.1. The third-order valence-electron chi connectivity index (χ3n) is 2.68. The second-order valence-corrected chi connectivity index (χ2v) is 5.73. The minimum absolute atomic E-state index is 0.331. The van der Waals surface area contributed by atoms with E-state index in [1.54, 1.807) is 6.07 Å². The van der Waals surface area contributed by atoms with Gasteiger partial charge in [-0.3, -0.25) is 4.79 Å². The minimum Gasteiger partial charge on any atom is -0.493 e. The minimum atomic E-state index is -1.35. The molecule has 0 aliphatic carbocycles. The smallest absolute Gasteiger partial charge is 0.328 e. The van der Waals surface area contributed by atoms with Crippen LogP contribution in [0.5, 0.6) is 11.5 Å². The zero-order valence-electron chi connectivity index (χ0n) is 11.6. The van der Waals surface area contributed by atoms with Crippen molar-refractivity contribution in [1.82, 2.24) is 5.32 Å². The molecule has 0 radical (unpaired) electrons. The van der Waals surface area contributed by atoms with Gasteiger partial charge in [0.25, 0.3) is 5.91 Å². The van der Waals surface area contributed by atoms with E-state index in [0.29, 0.717) is 20.6 Å². The number of ether oxygens (including phenoxy) is 2. The molecule has 0 unspecified atom stereocenters. The predicted octanol–water partition coefficient (Wildman–Crippen LogP) is 1.90. The summed E-state index contributed by atoms with van der Waals surface area (Å²) in [6, 6.07) is 3.18. The van der Waals surface area contributed by atoms with Crippen molar-refractivity contribution in [2.24, 2.45) is 0 Å². The van der Waals surface area contributed by atoms with Gasteiger partial charge in [-0.05, 0) is 48.6 Å². The molecule has 0 saturated heterocycles. The lowest BCUT2D eigenvalue weighted by Crippen LogP contribution is -2.49. The van der Waals surface area contributed by atoms with Crippen molar-refractivity contribution >= 4 is 34.5 Å². The van der Waals surface area contributed by atoms with E-state index in [2.05, 4.69) is 5.32 Å². The van der Waals surface area contributed by atoms with Crippen molar-refractivity contribution < 1.29 is 24.2 Å². The van der Waals surface area contributed by atoms with E-state index in [1.165, 1.54) is 34.1 Å². The molecule has 6 nitrogen and oxygen atoms in total. The molecule has 1 aromatic carbocycles. The lowest BCUT2D eigenvalue weighted by Gasteiger charge is -2.21. The first-order chi connectivity index (χ1) is 9.22. The molecular weight excluding hydrogens is 377 g/mol. The average molecular weight is 393 g/mol. The Hall–Kier alpha value is -1.51. The van der Waals surface area contributed by atoms with Crippen LogP contribution in [-0.2, 0) is 4.79 Å². The highest BCUT2D eigenvalue weighted by Crippen LogP contribution is 2.31. The van der Waals surface area contributed by atoms with Crippen molar-refractivity contribution in [3.8, 4) is 11.5 Å². The second kappa shape index (κ2) is 6.29. The van der Waals surface area contributed by atoms with Crippen molar-refractivity contribution in [3.05, 3.63) is 21.3 Å². The number of rotatable bonds is 5. The van der Waals surface area contributed by atoms with Gasteiger partial charge in [-0.15, -0.1) is 0 Å². The SMILES string of the molecule is COc1cc(I)c(C(=O)NC(C)(C)C(=O)O)cc1OC. The third-order valence-corrected chi connectivity index (χ3v) is 3.57. The van der Waals surface area contributed by atoms with E-state index in [0.717, 1.165) is 0 Å². The second-order valence-electron chi connectivity index (χ2n) is 4.57. The Morgan fingerprint density at radius 3 is 2.15 bits per heavy atom. The Kier molecular flexibility index (Phi) is 5.21. The summed E-state index contributed by atoms with van der Waals surface area (Å²) in [4.78, 5) is 23.2. The standard InChI is InChI=1S/C13H16INO5/c1-13(2,12(17)18)15-11(16)7-5-9(19-3)10(20-4)6-8(7)14/h5-6H,1-4H3,(H,15,16)(H,17,18). The number of methoxy groups -OCH3 is 2. The summed E-state index contributed by atoms with van der Waals surface area (Å²) in [7, 11) is 2.97. The van der Waals surface area contributed by atoms with Crippen LogP contribution < -0.4 is 14.8 Å². The summed E-state index contributed by atoms with van der Waals surface area (Å²) in [5.74, 6) is -0.679. The molecule has 0 aliphatic rings. The van der Waals surface area contributed by atoms with Crippen LogP contribution in [0.25, 0.3) is 0 Å². The van der Waals surface area contributed by atoms with Gasteiger partial charge < -0.3 is 19.9 Å². The summed E-state index contributed by atoms with van der Waals surface area (Å²) >= 11 is 1.98. The molecule has 0 aliphatic heterocycles. The maximum absolute atomic E-state index is 12.2. The molecular formula is C13H16INO5. The lowest BCUT2D eigenvalue weighted by molar-refractivity contribution is -0.143. The quantitative estimate of drug-likeness (QED) is 0.747. The molecule has 1 rings (SSSR count). The van der Waals surface area contributed by atoms with Crippen LogP contribution in [-0.4, -0.2) is 36.7 Å². The number of carbonyl (C=O) groups is 2. The van der Waals surface area contributed by atoms with Crippen LogP contribution in [0.15, 0.2) is 12.1 Å². The van der Waals surface area contributed by atoms with Gasteiger partial charge in [-0.1, -0.05) is 0 Å². The molecule has 0 bridgehead atoms. The summed E-state index contributed by atoms with van der Waals surface area (Å²) in [5.41, 5.74) is -1.02. The molecule has 0 aromatic heterocycles. The molecule has 0 saturated carbocycles. The number of aliphatic carboxylic acids is 1. The molecule has 2 N–H and O–H groups in total. The van der Waals surface area contributed by atoms with Crippen molar-refractivity contribution in [1.29, 1.82) is 0 Å². The van der Waals surface area contributed by atoms with Gasteiger partial charge in [0.2, 0.25) is 0 Å². The summed E-state index contributed by atoms with van der Waals surface area (Å²) in [6.07, 6.45) is 0. The third kappa shape index (κ3) is 3.53. The molecule has 0 atom stereocenters. The van der Waals surface area contributed by atoms with Gasteiger partial charge in [0.05, 0.1) is 19.8 Å². The molecule has 0 fully saturated rings. The highest BCUT2D eigenvalue weighted by atomic mass is 127. The van der Waals surface area contributed by atoms with Gasteiger partial charge in [-0.2, -0.15) is 0 Å². The number of hydrogen-bond acceptors (Lipinski definition) is 4. The number of hydrogen-bond donors (Lipinski definition) is 2. The molecule has 20 heavy (non-hydrogen) atoms. The summed E-state index contributed by atoms with van der Waals surface area (Å²) in [5, 5.41) is 11.5. The topological polar surface area (TPSA) is 84.9 Å². The van der Waals surface area contributed by atoms with Crippen LogP contribution in [0.3, 0.4) is 0 Å². The Morgan fingerprint density at radius 2 is 1.70 bits per heavy atom. The summed E-state index contributed by atoms with van der Waals surface area (Å²) in [6.45, 7) is 2.84. The van der Waals surface area contributed by atoms with Gasteiger partial charge in [0.15, 0.2) is 11.5 Å². The number of nitrogens with one attached hydrogen (secondary N) is 1. The van der Waals surface area contributed by atoms with E-state index in [-0.39, 0.29) is 0 Å². The van der Waals surface area contributed by atoms with Crippen LogP contribution in [0, 0.1) is 3.57 Å². The molecule has 110 valence electrons. The predicted molar refractivity (Wildman–Crippen MR) is 81.4 cm³/mol. The Balaban J connectivity index is 3.14. The zero-order chi connectivity index (χ0) is 15.5. The lowest BCUT2D eigenvalue weighted by atomic mass is 10.1. The molecule has 0 spiro atoms. The van der Waals surface area contributed by atoms with Crippen molar-refractivity contribution in [3.63, 3.8) is 0 Å². The number of carboxylic acid groups (broad SMARTS) is 1. The number of carboxylic acids is 1. The van der Waals surface area contributed by atoms with E-state index >= 15 is 0 Å². The maximum Gasteiger partial charge on any atom is 0.328 e. The number of amides is 1. The molecule has 7 heteroatoms. The Labute approximate surface area is 130 Å². The van der Waals surface area contributed by atoms with Gasteiger partial charge in [0, 0.05) is 3.57 Å². The first kappa shape index (κ1) is 16.5. The fourth-order valence-corrected chi connectivity index (χ4v) is 2.12. The molecule has 0 heterocycles. The van der Waals surface area contributed by atoms with E-state index < -0.39 is 17.4 Å². The van der Waals surface area contributed by atoms with Gasteiger partial charge >= 0.3 is 5.97 Å². The average Bonchev–Trinajstić information content (AvgIpc) is 2.37. The first-order valence-corrected chi connectivity index (χ1v) is 6.78. The van der Waals surface area contributed by atoms with Crippen molar-refractivity contribution in [2.45, 2.75) is 19.4 Å². The zero-order valence-corrected chi connectivity index (χ0v) is 13.8. The normalized spacial score (nSPS) is 10.8. The van der Waals surface area contributed by atoms with Crippen molar-refractivity contribution in [2.75, 3.05) is 14.2 Å². The fraction of sp³-hybridized carbons (Fsp3) is 0.385. The summed E-state index contributed by atoms with van der Waals surface area (Å²) < 4.78 is 10.9. The molecule has 1 aromatic rings. The number of halogens is 1. The fourth-order valence-electron chi connectivity index (χ4n) is 1.43. The Bertz CT molecular complexity index is 542. The van der Waals surface area contributed by atoms with E-state index in [9.17, 15) is 9.59 Å². The number of benzene rings is 1. The van der Waals surface area contributed by atoms with E-state index in [4.69, 9.17) is 14.6 Å². The van der Waals surface area contributed by atoms with Crippen LogP contribution in [0.1, 0.15) is 24.2 Å². The number of carbonyl (C=O) groups excluding carboxylic acids is 1. The van der Waals surface area contributed by atoms with Gasteiger partial charge in [-0.25, -0.2) is 4.79 Å². The maximum atomic E-state index is 12.2. The van der Waals surface area contributed by atoms with Gasteiger partial charge in [0.1, 0.15) is 5.54 Å². The van der Waals surface area contributed by atoms with Crippen LogP contribution in [0.2, 0.25) is 0 Å². The Morgan fingerprint density at radius 1 is 1.20 bits per heavy atom. The van der Waals surface area contributed by atoms with Crippen LogP contribution in [0.4, 0.5) is 0 Å².